The van der Waals surface area contributed by atoms with Gasteiger partial charge in [-0.3, -0.25) is 4.79 Å². The number of methoxy groups -OCH3 is 1. The summed E-state index contributed by atoms with van der Waals surface area (Å²) in [4.78, 5) is 13.4. The van der Waals surface area contributed by atoms with E-state index in [2.05, 4.69) is 11.4 Å². The zero-order valence-corrected chi connectivity index (χ0v) is 14.6. The number of nitrogens with one attached hydrogen (secondary N) is 1. The van der Waals surface area contributed by atoms with Gasteiger partial charge in [0.05, 0.1) is 12.3 Å². The second-order valence-corrected chi connectivity index (χ2v) is 6.43. The lowest BCUT2D eigenvalue weighted by atomic mass is 10.2. The van der Waals surface area contributed by atoms with Gasteiger partial charge >= 0.3 is 0 Å². The zero-order valence-electron chi connectivity index (χ0n) is 13.0. The summed E-state index contributed by atoms with van der Waals surface area (Å²) in [6.07, 6.45) is 2.19. The van der Waals surface area contributed by atoms with E-state index in [0.29, 0.717) is 36.1 Å². The summed E-state index contributed by atoms with van der Waals surface area (Å²) in [6.45, 7) is 0.899. The van der Waals surface area contributed by atoms with E-state index in [-0.39, 0.29) is 5.91 Å². The highest BCUT2D eigenvalue weighted by molar-refractivity contribution is 7.09. The van der Waals surface area contributed by atoms with E-state index in [1.54, 1.807) is 36.6 Å². The van der Waals surface area contributed by atoms with Gasteiger partial charge in [-0.15, -0.1) is 11.3 Å². The number of carbonyl (C=O) groups is 1. The van der Waals surface area contributed by atoms with Gasteiger partial charge in [0.2, 0.25) is 5.91 Å². The van der Waals surface area contributed by atoms with Crippen molar-refractivity contribution in [2.45, 2.75) is 19.3 Å². The summed E-state index contributed by atoms with van der Waals surface area (Å²) < 4.78 is 10.6. The van der Waals surface area contributed by atoms with Crippen LogP contribution in [-0.4, -0.2) is 26.2 Å². The first-order chi connectivity index (χ1) is 11.2. The Morgan fingerprint density at radius 3 is 2.91 bits per heavy atom. The number of carbonyl (C=O) groups excluding carboxylic acids is 1. The smallest absolute Gasteiger partial charge is 0.224 e. The fourth-order valence-electron chi connectivity index (χ4n) is 2.05. The number of ether oxygens (including phenoxy) is 2. The minimum absolute atomic E-state index is 0.0413. The summed E-state index contributed by atoms with van der Waals surface area (Å²) in [6, 6.07) is 9.28. The number of hydrogen-bond donors (Lipinski definition) is 1. The predicted molar refractivity (Wildman–Crippen MR) is 94.7 cm³/mol. The first-order valence-corrected chi connectivity index (χ1v) is 8.68. The van der Waals surface area contributed by atoms with Crippen LogP contribution in [0.15, 0.2) is 35.7 Å². The molecule has 0 saturated heterocycles. The average Bonchev–Trinajstić information content (AvgIpc) is 3.03. The maximum atomic E-state index is 12.1. The molecule has 1 aromatic carbocycles. The van der Waals surface area contributed by atoms with Crippen LogP contribution in [0.2, 0.25) is 5.02 Å². The SMILES string of the molecule is COCCOc1ccc(Cl)cc1NC(=O)CCCc1cccs1. The number of rotatable bonds is 9. The van der Waals surface area contributed by atoms with Crippen molar-refractivity contribution in [3.8, 4) is 5.75 Å². The molecular formula is C17H20ClNO3S. The van der Waals surface area contributed by atoms with Crippen molar-refractivity contribution in [1.82, 2.24) is 0 Å². The largest absolute Gasteiger partial charge is 0.489 e. The van der Waals surface area contributed by atoms with Gasteiger partial charge in [0.25, 0.3) is 0 Å². The van der Waals surface area contributed by atoms with Crippen molar-refractivity contribution >= 4 is 34.5 Å². The molecule has 1 heterocycles. The molecule has 0 atom stereocenters. The molecule has 124 valence electrons. The lowest BCUT2D eigenvalue weighted by Gasteiger charge is -2.12. The molecule has 0 fully saturated rings. The number of benzene rings is 1. The van der Waals surface area contributed by atoms with Gasteiger partial charge in [0, 0.05) is 23.4 Å². The molecule has 0 bridgehead atoms. The van der Waals surface area contributed by atoms with Crippen molar-refractivity contribution < 1.29 is 14.3 Å². The molecule has 0 unspecified atom stereocenters. The molecule has 2 rings (SSSR count). The molecule has 1 N–H and O–H groups in total. The monoisotopic (exact) mass is 353 g/mol. The zero-order chi connectivity index (χ0) is 16.5. The van der Waals surface area contributed by atoms with Gasteiger partial charge in [-0.2, -0.15) is 0 Å². The number of amides is 1. The van der Waals surface area contributed by atoms with Crippen molar-refractivity contribution in [3.63, 3.8) is 0 Å². The van der Waals surface area contributed by atoms with Crippen molar-refractivity contribution in [3.05, 3.63) is 45.6 Å². The molecule has 1 amide bonds. The van der Waals surface area contributed by atoms with Gasteiger partial charge < -0.3 is 14.8 Å². The van der Waals surface area contributed by atoms with Crippen molar-refractivity contribution in [2.24, 2.45) is 0 Å². The third-order valence-electron chi connectivity index (χ3n) is 3.17. The summed E-state index contributed by atoms with van der Waals surface area (Å²) in [5, 5.41) is 5.47. The summed E-state index contributed by atoms with van der Waals surface area (Å²) in [5.74, 6) is 0.554. The molecule has 0 aliphatic heterocycles. The molecule has 0 spiro atoms. The van der Waals surface area contributed by atoms with Gasteiger partial charge in [-0.05, 0) is 42.5 Å². The molecular weight excluding hydrogens is 334 g/mol. The quantitative estimate of drug-likeness (QED) is 0.680. The molecule has 2 aromatic rings. The molecule has 0 saturated carbocycles. The van der Waals surface area contributed by atoms with Crippen molar-refractivity contribution in [1.29, 1.82) is 0 Å². The van der Waals surface area contributed by atoms with E-state index < -0.39 is 0 Å². The average molecular weight is 354 g/mol. The minimum Gasteiger partial charge on any atom is -0.489 e. The van der Waals surface area contributed by atoms with Crippen LogP contribution in [0.4, 0.5) is 5.69 Å². The van der Waals surface area contributed by atoms with Crippen LogP contribution in [0.3, 0.4) is 0 Å². The topological polar surface area (TPSA) is 47.6 Å². The second-order valence-electron chi connectivity index (χ2n) is 4.96. The number of aryl methyl sites for hydroxylation is 1. The van der Waals surface area contributed by atoms with Crippen LogP contribution in [0.25, 0.3) is 0 Å². The van der Waals surface area contributed by atoms with Crippen LogP contribution in [0.1, 0.15) is 17.7 Å². The van der Waals surface area contributed by atoms with Crippen LogP contribution in [0, 0.1) is 0 Å². The number of halogens is 1. The number of anilines is 1. The highest BCUT2D eigenvalue weighted by Gasteiger charge is 2.09. The molecule has 4 nitrogen and oxygen atoms in total. The second kappa shape index (κ2) is 9.55. The van der Waals surface area contributed by atoms with Crippen LogP contribution < -0.4 is 10.1 Å². The fourth-order valence-corrected chi connectivity index (χ4v) is 2.97. The summed E-state index contributed by atoms with van der Waals surface area (Å²) in [7, 11) is 1.61. The molecule has 0 radical (unpaired) electrons. The first-order valence-electron chi connectivity index (χ1n) is 7.42. The Morgan fingerprint density at radius 2 is 2.17 bits per heavy atom. The predicted octanol–water partition coefficient (Wildman–Crippen LogP) is 4.39. The highest BCUT2D eigenvalue weighted by Crippen LogP contribution is 2.28. The van der Waals surface area contributed by atoms with Crippen molar-refractivity contribution in [2.75, 3.05) is 25.6 Å². The molecule has 0 aliphatic rings. The standard InChI is InChI=1S/C17H20ClNO3S/c1-21-9-10-22-16-8-7-13(18)12-15(16)19-17(20)6-2-4-14-5-3-11-23-14/h3,5,7-8,11-12H,2,4,6,9-10H2,1H3,(H,19,20). The molecule has 1 aromatic heterocycles. The van der Waals surface area contributed by atoms with E-state index in [1.807, 2.05) is 11.4 Å². The molecule has 0 aliphatic carbocycles. The summed E-state index contributed by atoms with van der Waals surface area (Å²) in [5.41, 5.74) is 0.592. The van der Waals surface area contributed by atoms with E-state index in [1.165, 1.54) is 4.88 Å². The Morgan fingerprint density at radius 1 is 1.30 bits per heavy atom. The van der Waals surface area contributed by atoms with Crippen LogP contribution >= 0.6 is 22.9 Å². The van der Waals surface area contributed by atoms with Gasteiger partial charge in [-0.25, -0.2) is 0 Å². The normalized spacial score (nSPS) is 10.5. The van der Waals surface area contributed by atoms with Crippen LogP contribution in [0.5, 0.6) is 5.75 Å². The fraction of sp³-hybridized carbons (Fsp3) is 0.353. The number of thiophene rings is 1. The first kappa shape index (κ1) is 17.8. The van der Waals surface area contributed by atoms with E-state index in [9.17, 15) is 4.79 Å². The summed E-state index contributed by atoms with van der Waals surface area (Å²) >= 11 is 7.72. The van der Waals surface area contributed by atoms with Crippen LogP contribution in [-0.2, 0) is 16.0 Å². The highest BCUT2D eigenvalue weighted by atomic mass is 35.5. The maximum absolute atomic E-state index is 12.1. The van der Waals surface area contributed by atoms with Gasteiger partial charge in [0.1, 0.15) is 12.4 Å². The molecule has 23 heavy (non-hydrogen) atoms. The van der Waals surface area contributed by atoms with Gasteiger partial charge in [0.15, 0.2) is 0 Å². The molecule has 6 heteroatoms. The van der Waals surface area contributed by atoms with Gasteiger partial charge in [-0.1, -0.05) is 17.7 Å². The van der Waals surface area contributed by atoms with E-state index in [0.717, 1.165) is 12.8 Å². The Bertz CT molecular complexity index is 616. The Balaban J connectivity index is 1.86. The van der Waals surface area contributed by atoms with E-state index >= 15 is 0 Å². The maximum Gasteiger partial charge on any atom is 0.224 e. The third kappa shape index (κ3) is 6.22. The lowest BCUT2D eigenvalue weighted by Crippen LogP contribution is -2.13. The van der Waals surface area contributed by atoms with E-state index in [4.69, 9.17) is 21.1 Å². The third-order valence-corrected chi connectivity index (χ3v) is 4.34. The lowest BCUT2D eigenvalue weighted by molar-refractivity contribution is -0.116. The minimum atomic E-state index is -0.0413. The Kier molecular flexibility index (Phi) is 7.39. The number of hydrogen-bond acceptors (Lipinski definition) is 4. The Hall–Kier alpha value is -1.56. The Labute approximate surface area is 145 Å².